The average molecular weight is 101 g/mol. The maximum Gasteiger partial charge on any atom is 0.252 e. The van der Waals surface area contributed by atoms with E-state index in [1.807, 2.05) is 0 Å². The monoisotopic (exact) mass is 101 g/mol. The highest BCUT2D eigenvalue weighted by Crippen LogP contribution is 1.82. The summed E-state index contributed by atoms with van der Waals surface area (Å²) in [7, 11) is 1.61. The maximum absolute atomic E-state index is 11.7. The molecule has 0 aliphatic carbocycles. The Morgan fingerprint density at radius 2 is 2.57 bits per heavy atom. The number of halogens is 1. The van der Waals surface area contributed by atoms with Crippen molar-refractivity contribution in [2.24, 2.45) is 7.05 Å². The molecule has 0 aromatic carbocycles. The van der Waals surface area contributed by atoms with E-state index < -0.39 is 5.95 Å². The van der Waals surface area contributed by atoms with Crippen LogP contribution >= 0.6 is 0 Å². The first-order valence-corrected chi connectivity index (χ1v) is 1.81. The Kier molecular flexibility index (Phi) is 0.780. The van der Waals surface area contributed by atoms with E-state index in [9.17, 15) is 4.39 Å². The highest BCUT2D eigenvalue weighted by atomic mass is 19.1. The standard InChI is InChI=1S/C3H4FN3/c1-7-2-3(4)5-6-7/h2H,1H3. The van der Waals surface area contributed by atoms with Gasteiger partial charge >= 0.3 is 0 Å². The molecule has 0 aliphatic heterocycles. The van der Waals surface area contributed by atoms with Crippen molar-refractivity contribution >= 4 is 0 Å². The Balaban J connectivity index is 3.04. The van der Waals surface area contributed by atoms with Crippen LogP contribution in [0.1, 0.15) is 0 Å². The fraction of sp³-hybridized carbons (Fsp3) is 0.333. The van der Waals surface area contributed by atoms with E-state index in [4.69, 9.17) is 0 Å². The second-order valence-corrected chi connectivity index (χ2v) is 1.21. The van der Waals surface area contributed by atoms with Gasteiger partial charge < -0.3 is 0 Å². The van der Waals surface area contributed by atoms with Crippen LogP contribution in [0.4, 0.5) is 4.39 Å². The minimum Gasteiger partial charge on any atom is -0.252 e. The van der Waals surface area contributed by atoms with Crippen LogP contribution in [0.5, 0.6) is 0 Å². The summed E-state index contributed by atoms with van der Waals surface area (Å²) in [6.45, 7) is 0. The van der Waals surface area contributed by atoms with Gasteiger partial charge in [-0.1, -0.05) is 10.3 Å². The third kappa shape index (κ3) is 0.734. The van der Waals surface area contributed by atoms with Crippen molar-refractivity contribution in [1.82, 2.24) is 15.0 Å². The lowest BCUT2D eigenvalue weighted by Crippen LogP contribution is -1.85. The molecule has 1 aromatic heterocycles. The largest absolute Gasteiger partial charge is 0.252 e. The first kappa shape index (κ1) is 4.23. The number of nitrogens with zero attached hydrogens (tertiary/aromatic N) is 3. The summed E-state index contributed by atoms with van der Waals surface area (Å²) < 4.78 is 13.0. The highest BCUT2D eigenvalue weighted by Gasteiger charge is 1.88. The van der Waals surface area contributed by atoms with E-state index in [0.29, 0.717) is 0 Å². The van der Waals surface area contributed by atoms with Gasteiger partial charge in [0.2, 0.25) is 0 Å². The van der Waals surface area contributed by atoms with Gasteiger partial charge in [0.15, 0.2) is 0 Å². The van der Waals surface area contributed by atoms with Gasteiger partial charge in [-0.15, -0.1) is 0 Å². The molecule has 0 atom stereocenters. The van der Waals surface area contributed by atoms with Gasteiger partial charge in [-0.05, 0) is 0 Å². The van der Waals surface area contributed by atoms with E-state index in [2.05, 4.69) is 10.3 Å². The third-order valence-electron chi connectivity index (χ3n) is 0.575. The number of rotatable bonds is 0. The van der Waals surface area contributed by atoms with E-state index >= 15 is 0 Å². The molecular formula is C3H4FN3. The molecule has 1 heterocycles. The Labute approximate surface area is 39.8 Å². The van der Waals surface area contributed by atoms with E-state index in [1.165, 1.54) is 10.9 Å². The van der Waals surface area contributed by atoms with Crippen LogP contribution in [0.2, 0.25) is 0 Å². The average Bonchev–Trinajstić information content (AvgIpc) is 1.87. The van der Waals surface area contributed by atoms with Gasteiger partial charge in [0.25, 0.3) is 5.95 Å². The number of hydrogen-bond acceptors (Lipinski definition) is 2. The van der Waals surface area contributed by atoms with Crippen molar-refractivity contribution in [2.75, 3.05) is 0 Å². The Morgan fingerprint density at radius 3 is 2.71 bits per heavy atom. The van der Waals surface area contributed by atoms with Crippen LogP contribution in [-0.2, 0) is 7.05 Å². The molecule has 0 amide bonds. The van der Waals surface area contributed by atoms with Gasteiger partial charge in [-0.25, -0.2) is 0 Å². The topological polar surface area (TPSA) is 30.7 Å². The van der Waals surface area contributed by atoms with E-state index in [0.717, 1.165) is 0 Å². The van der Waals surface area contributed by atoms with Crippen LogP contribution in [0.25, 0.3) is 0 Å². The molecule has 0 aliphatic rings. The minimum absolute atomic E-state index is 0.539. The molecular weight excluding hydrogens is 97.1 g/mol. The summed E-state index contributed by atoms with van der Waals surface area (Å²) in [6.07, 6.45) is 1.19. The van der Waals surface area contributed by atoms with Crippen LogP contribution in [0, 0.1) is 5.95 Å². The zero-order valence-electron chi connectivity index (χ0n) is 3.80. The van der Waals surface area contributed by atoms with Crippen molar-refractivity contribution in [1.29, 1.82) is 0 Å². The summed E-state index contributed by atoms with van der Waals surface area (Å²) in [5.41, 5.74) is 0. The normalized spacial score (nSPS) is 9.43. The molecule has 0 saturated heterocycles. The van der Waals surface area contributed by atoms with Crippen molar-refractivity contribution in [3.8, 4) is 0 Å². The first-order valence-electron chi connectivity index (χ1n) is 1.81. The van der Waals surface area contributed by atoms with Crippen molar-refractivity contribution < 1.29 is 4.39 Å². The Hall–Kier alpha value is -0.930. The summed E-state index contributed by atoms with van der Waals surface area (Å²) >= 11 is 0. The zero-order chi connectivity index (χ0) is 5.28. The molecule has 0 spiro atoms. The summed E-state index contributed by atoms with van der Waals surface area (Å²) in [4.78, 5) is 0. The molecule has 38 valence electrons. The number of hydrogen-bond donors (Lipinski definition) is 0. The lowest BCUT2D eigenvalue weighted by atomic mass is 10.9. The van der Waals surface area contributed by atoms with Crippen molar-refractivity contribution in [2.45, 2.75) is 0 Å². The van der Waals surface area contributed by atoms with Gasteiger partial charge in [-0.3, -0.25) is 4.68 Å². The second-order valence-electron chi connectivity index (χ2n) is 1.21. The van der Waals surface area contributed by atoms with Crippen molar-refractivity contribution in [3.05, 3.63) is 12.1 Å². The van der Waals surface area contributed by atoms with Gasteiger partial charge in [-0.2, -0.15) is 4.39 Å². The quantitative estimate of drug-likeness (QED) is 0.459. The SMILES string of the molecule is Cn1cc(F)nn1. The minimum atomic E-state index is -0.539. The molecule has 0 radical (unpaired) electrons. The molecule has 3 nitrogen and oxygen atoms in total. The number of aromatic nitrogens is 3. The molecule has 0 saturated carbocycles. The first-order chi connectivity index (χ1) is 3.29. The molecule has 1 rings (SSSR count). The van der Waals surface area contributed by atoms with Crippen LogP contribution in [0.3, 0.4) is 0 Å². The predicted octanol–water partition coefficient (Wildman–Crippen LogP) is -0.0458. The molecule has 4 heteroatoms. The van der Waals surface area contributed by atoms with E-state index in [1.54, 1.807) is 7.05 Å². The van der Waals surface area contributed by atoms with E-state index in [-0.39, 0.29) is 0 Å². The molecule has 0 N–H and O–H groups in total. The highest BCUT2D eigenvalue weighted by molar-refractivity contribution is 4.66. The summed E-state index contributed by atoms with van der Waals surface area (Å²) in [6, 6.07) is 0. The van der Waals surface area contributed by atoms with Crippen LogP contribution < -0.4 is 0 Å². The molecule has 1 aromatic rings. The lowest BCUT2D eigenvalue weighted by molar-refractivity contribution is 0.578. The van der Waals surface area contributed by atoms with Crippen LogP contribution in [0.15, 0.2) is 6.20 Å². The molecule has 7 heavy (non-hydrogen) atoms. The molecule has 0 fully saturated rings. The second kappa shape index (κ2) is 1.29. The van der Waals surface area contributed by atoms with Crippen molar-refractivity contribution in [3.63, 3.8) is 0 Å². The molecule has 0 bridgehead atoms. The molecule has 0 unspecified atom stereocenters. The Bertz CT molecular complexity index is 142. The lowest BCUT2D eigenvalue weighted by Gasteiger charge is -1.74. The fourth-order valence-electron chi connectivity index (χ4n) is 0.319. The predicted molar refractivity (Wildman–Crippen MR) is 21.0 cm³/mol. The number of aryl methyl sites for hydroxylation is 1. The van der Waals surface area contributed by atoms with Gasteiger partial charge in [0.1, 0.15) is 0 Å². The summed E-state index contributed by atoms with van der Waals surface area (Å²) in [5, 5.41) is 6.37. The van der Waals surface area contributed by atoms with Crippen LogP contribution in [-0.4, -0.2) is 15.0 Å². The zero-order valence-corrected chi connectivity index (χ0v) is 3.80. The maximum atomic E-state index is 11.7. The fourth-order valence-corrected chi connectivity index (χ4v) is 0.319. The van der Waals surface area contributed by atoms with Gasteiger partial charge in [0, 0.05) is 7.05 Å². The third-order valence-corrected chi connectivity index (χ3v) is 0.575. The summed E-state index contributed by atoms with van der Waals surface area (Å²) in [5.74, 6) is -0.539. The van der Waals surface area contributed by atoms with Gasteiger partial charge in [0.05, 0.1) is 6.20 Å². The smallest absolute Gasteiger partial charge is 0.252 e. The Morgan fingerprint density at radius 1 is 1.86 bits per heavy atom.